The maximum Gasteiger partial charge on any atom is 0.341 e. The first-order chi connectivity index (χ1) is 14.6. The van der Waals surface area contributed by atoms with Gasteiger partial charge in [0.2, 0.25) is 0 Å². The minimum absolute atomic E-state index is 0.374. The fourth-order valence-electron chi connectivity index (χ4n) is 2.75. The number of guanidine groups is 1. The highest BCUT2D eigenvalue weighted by Crippen LogP contribution is 2.30. The van der Waals surface area contributed by atoms with Gasteiger partial charge in [-0.25, -0.2) is 9.79 Å². The van der Waals surface area contributed by atoms with Crippen LogP contribution in [0, 0.1) is 0 Å². The van der Waals surface area contributed by atoms with Crippen molar-refractivity contribution in [2.24, 2.45) is 4.99 Å². The number of benzene rings is 2. The van der Waals surface area contributed by atoms with Crippen LogP contribution in [0.15, 0.2) is 41.4 Å². The number of hydrogen-bond donors (Lipinski definition) is 2. The van der Waals surface area contributed by atoms with Gasteiger partial charge in [-0.3, -0.25) is 0 Å². The van der Waals surface area contributed by atoms with Gasteiger partial charge in [-0.05, 0) is 43.7 Å². The van der Waals surface area contributed by atoms with E-state index in [0.29, 0.717) is 48.5 Å². The molecule has 0 saturated heterocycles. The summed E-state index contributed by atoms with van der Waals surface area (Å²) in [6.45, 7) is 5.57. The van der Waals surface area contributed by atoms with Crippen LogP contribution in [0.3, 0.4) is 0 Å². The number of esters is 1. The number of rotatable bonds is 9. The second kappa shape index (κ2) is 11.5. The van der Waals surface area contributed by atoms with Crippen molar-refractivity contribution in [1.82, 2.24) is 5.32 Å². The largest absolute Gasteiger partial charge is 0.496 e. The molecule has 0 aromatic heterocycles. The second-order valence-electron chi connectivity index (χ2n) is 6.15. The molecule has 8 heteroatoms. The molecule has 0 heterocycles. The molecule has 2 aromatic carbocycles. The van der Waals surface area contributed by atoms with E-state index in [0.717, 1.165) is 11.3 Å². The quantitative estimate of drug-likeness (QED) is 0.368. The summed E-state index contributed by atoms with van der Waals surface area (Å²) in [5.41, 5.74) is 2.08. The Kier molecular flexibility index (Phi) is 8.80. The Hall–Kier alpha value is -3.42. The van der Waals surface area contributed by atoms with Gasteiger partial charge in [0.25, 0.3) is 0 Å². The predicted molar refractivity (Wildman–Crippen MR) is 117 cm³/mol. The van der Waals surface area contributed by atoms with Gasteiger partial charge in [0.05, 0.1) is 34.5 Å². The summed E-state index contributed by atoms with van der Waals surface area (Å²) < 4.78 is 21.0. The van der Waals surface area contributed by atoms with E-state index in [9.17, 15) is 4.79 Å². The molecule has 0 atom stereocenters. The summed E-state index contributed by atoms with van der Waals surface area (Å²) in [5.74, 6) is 1.94. The van der Waals surface area contributed by atoms with Gasteiger partial charge in [0.1, 0.15) is 11.3 Å². The average molecular weight is 415 g/mol. The molecule has 0 radical (unpaired) electrons. The lowest BCUT2D eigenvalue weighted by molar-refractivity contribution is 0.0597. The summed E-state index contributed by atoms with van der Waals surface area (Å²) in [4.78, 5) is 16.4. The van der Waals surface area contributed by atoms with Gasteiger partial charge in [-0.15, -0.1) is 0 Å². The van der Waals surface area contributed by atoms with Crippen molar-refractivity contribution < 1.29 is 23.7 Å². The molecule has 8 nitrogen and oxygen atoms in total. The first-order valence-corrected chi connectivity index (χ1v) is 9.67. The van der Waals surface area contributed by atoms with Crippen molar-refractivity contribution in [3.8, 4) is 17.2 Å². The van der Waals surface area contributed by atoms with Crippen LogP contribution in [0.4, 0.5) is 5.69 Å². The van der Waals surface area contributed by atoms with Crippen LogP contribution < -0.4 is 24.8 Å². The van der Waals surface area contributed by atoms with Crippen LogP contribution in [-0.4, -0.2) is 46.4 Å². The van der Waals surface area contributed by atoms with E-state index in [-0.39, 0.29) is 0 Å². The Balaban J connectivity index is 2.19. The molecular weight excluding hydrogens is 386 g/mol. The Morgan fingerprint density at radius 1 is 0.967 bits per heavy atom. The summed E-state index contributed by atoms with van der Waals surface area (Å²) in [6.07, 6.45) is 0. The topological polar surface area (TPSA) is 90.4 Å². The molecule has 0 aliphatic heterocycles. The monoisotopic (exact) mass is 415 g/mol. The molecule has 0 spiro atoms. The first kappa shape index (κ1) is 22.9. The molecule has 0 fully saturated rings. The van der Waals surface area contributed by atoms with Gasteiger partial charge in [0, 0.05) is 18.3 Å². The lowest BCUT2D eigenvalue weighted by Crippen LogP contribution is -2.30. The highest BCUT2D eigenvalue weighted by Gasteiger charge is 2.13. The van der Waals surface area contributed by atoms with E-state index in [1.54, 1.807) is 19.2 Å². The Morgan fingerprint density at radius 3 is 2.37 bits per heavy atom. The molecule has 0 amide bonds. The van der Waals surface area contributed by atoms with Crippen LogP contribution in [0.5, 0.6) is 17.2 Å². The van der Waals surface area contributed by atoms with E-state index >= 15 is 0 Å². The normalized spacial score (nSPS) is 10.9. The number of anilines is 1. The molecule has 30 heavy (non-hydrogen) atoms. The third-order valence-corrected chi connectivity index (χ3v) is 4.16. The highest BCUT2D eigenvalue weighted by molar-refractivity contribution is 5.94. The lowest BCUT2D eigenvalue weighted by atomic mass is 10.1. The Morgan fingerprint density at radius 2 is 1.73 bits per heavy atom. The summed E-state index contributed by atoms with van der Waals surface area (Å²) in [5, 5.41) is 6.47. The van der Waals surface area contributed by atoms with E-state index in [2.05, 4.69) is 15.6 Å². The first-order valence-electron chi connectivity index (χ1n) is 9.67. The standard InChI is InChI=1S/C22H29N3O5/c1-6-23-22(25-16-9-11-18(30-7-2)20(13-16)28-4)24-14-15-8-10-17(21(26)29-5)19(12-15)27-3/h8-13H,6-7,14H2,1-5H3,(H2,23,24,25). The maximum absolute atomic E-state index is 11.8. The van der Waals surface area contributed by atoms with Gasteiger partial charge in [-0.1, -0.05) is 6.07 Å². The third kappa shape index (κ3) is 6.04. The second-order valence-corrected chi connectivity index (χ2v) is 6.15. The van der Waals surface area contributed by atoms with E-state index < -0.39 is 5.97 Å². The molecule has 0 aliphatic rings. The van der Waals surface area contributed by atoms with Gasteiger partial charge < -0.3 is 29.6 Å². The third-order valence-electron chi connectivity index (χ3n) is 4.16. The molecule has 0 bridgehead atoms. The van der Waals surface area contributed by atoms with Crippen molar-refractivity contribution in [3.63, 3.8) is 0 Å². The van der Waals surface area contributed by atoms with Crippen molar-refractivity contribution in [3.05, 3.63) is 47.5 Å². The lowest BCUT2D eigenvalue weighted by Gasteiger charge is -2.14. The fourth-order valence-corrected chi connectivity index (χ4v) is 2.75. The number of hydrogen-bond acceptors (Lipinski definition) is 6. The zero-order chi connectivity index (χ0) is 21.9. The van der Waals surface area contributed by atoms with Crippen molar-refractivity contribution in [2.45, 2.75) is 20.4 Å². The molecule has 2 N–H and O–H groups in total. The van der Waals surface area contributed by atoms with Crippen LogP contribution >= 0.6 is 0 Å². The Bertz CT molecular complexity index is 883. The van der Waals surface area contributed by atoms with Crippen LogP contribution in [0.25, 0.3) is 0 Å². The van der Waals surface area contributed by atoms with Crippen molar-refractivity contribution in [1.29, 1.82) is 0 Å². The van der Waals surface area contributed by atoms with Gasteiger partial charge >= 0.3 is 5.97 Å². The summed E-state index contributed by atoms with van der Waals surface area (Å²) in [7, 11) is 4.45. The van der Waals surface area contributed by atoms with Crippen LogP contribution in [0.2, 0.25) is 0 Å². The molecule has 2 rings (SSSR count). The summed E-state index contributed by atoms with van der Waals surface area (Å²) in [6, 6.07) is 10.9. The molecular formula is C22H29N3O5. The molecule has 0 aliphatic carbocycles. The maximum atomic E-state index is 11.8. The minimum Gasteiger partial charge on any atom is -0.496 e. The predicted octanol–water partition coefficient (Wildman–Crippen LogP) is 3.47. The summed E-state index contributed by atoms with van der Waals surface area (Å²) >= 11 is 0. The number of carbonyl (C=O) groups is 1. The zero-order valence-corrected chi connectivity index (χ0v) is 18.1. The van der Waals surface area contributed by atoms with E-state index in [1.807, 2.05) is 38.1 Å². The van der Waals surface area contributed by atoms with Crippen LogP contribution in [-0.2, 0) is 11.3 Å². The fraction of sp³-hybridized carbons (Fsp3) is 0.364. The van der Waals surface area contributed by atoms with Crippen LogP contribution in [0.1, 0.15) is 29.8 Å². The van der Waals surface area contributed by atoms with E-state index in [4.69, 9.17) is 18.9 Å². The zero-order valence-electron chi connectivity index (χ0n) is 18.1. The number of ether oxygens (including phenoxy) is 4. The SMILES string of the molecule is CCNC(=NCc1ccc(C(=O)OC)c(OC)c1)Nc1ccc(OCC)c(OC)c1. The number of methoxy groups -OCH3 is 3. The number of nitrogens with one attached hydrogen (secondary N) is 2. The smallest absolute Gasteiger partial charge is 0.341 e. The van der Waals surface area contributed by atoms with E-state index in [1.165, 1.54) is 14.2 Å². The van der Waals surface area contributed by atoms with Crippen molar-refractivity contribution in [2.75, 3.05) is 39.8 Å². The minimum atomic E-state index is -0.443. The molecule has 0 saturated carbocycles. The number of nitrogens with zero attached hydrogens (tertiary/aromatic N) is 1. The molecule has 162 valence electrons. The average Bonchev–Trinajstić information content (AvgIpc) is 2.77. The highest BCUT2D eigenvalue weighted by atomic mass is 16.5. The molecule has 0 unspecified atom stereocenters. The van der Waals surface area contributed by atoms with Gasteiger partial charge in [0.15, 0.2) is 17.5 Å². The number of aliphatic imine (C=N–C) groups is 1. The van der Waals surface area contributed by atoms with Gasteiger partial charge in [-0.2, -0.15) is 0 Å². The number of carbonyl (C=O) groups excluding carboxylic acids is 1. The molecule has 2 aromatic rings. The van der Waals surface area contributed by atoms with Crippen molar-refractivity contribution >= 4 is 17.6 Å². The Labute approximate surface area is 177 Å².